The van der Waals surface area contributed by atoms with E-state index < -0.39 is 0 Å². The molecule has 0 aromatic heterocycles. The SMILES string of the molecule is C=CCNC(=O)c1ccc(NC(=O)C2CC3CCCC(C2)C3N)cc1. The highest BCUT2D eigenvalue weighted by Gasteiger charge is 2.40. The highest BCUT2D eigenvalue weighted by Crippen LogP contribution is 2.42. The molecule has 2 aliphatic rings. The van der Waals surface area contributed by atoms with Crippen LogP contribution in [0.4, 0.5) is 5.69 Å². The van der Waals surface area contributed by atoms with Crippen molar-refractivity contribution in [3.05, 3.63) is 42.5 Å². The van der Waals surface area contributed by atoms with E-state index >= 15 is 0 Å². The number of amides is 2. The van der Waals surface area contributed by atoms with Crippen LogP contribution < -0.4 is 16.4 Å². The number of anilines is 1. The Morgan fingerprint density at radius 3 is 2.40 bits per heavy atom. The fraction of sp³-hybridized carbons (Fsp3) is 0.500. The van der Waals surface area contributed by atoms with Crippen molar-refractivity contribution in [1.82, 2.24) is 5.32 Å². The lowest BCUT2D eigenvalue weighted by atomic mass is 9.65. The molecule has 4 N–H and O–H groups in total. The third-order valence-electron chi connectivity index (χ3n) is 5.61. The molecule has 0 spiro atoms. The summed E-state index contributed by atoms with van der Waals surface area (Å²) in [5, 5.41) is 5.73. The van der Waals surface area contributed by atoms with E-state index in [0.717, 1.165) is 31.4 Å². The molecule has 0 radical (unpaired) electrons. The topological polar surface area (TPSA) is 84.2 Å². The average molecular weight is 341 g/mol. The van der Waals surface area contributed by atoms with E-state index in [1.54, 1.807) is 30.3 Å². The minimum atomic E-state index is -0.146. The Morgan fingerprint density at radius 2 is 1.80 bits per heavy atom. The minimum absolute atomic E-state index is 0.0469. The quantitative estimate of drug-likeness (QED) is 0.720. The number of carbonyl (C=O) groups is 2. The zero-order valence-corrected chi connectivity index (χ0v) is 14.5. The summed E-state index contributed by atoms with van der Waals surface area (Å²) in [7, 11) is 0. The third kappa shape index (κ3) is 4.10. The number of benzene rings is 1. The fourth-order valence-electron chi connectivity index (χ4n) is 4.22. The lowest BCUT2D eigenvalue weighted by Gasteiger charge is -2.43. The highest BCUT2D eigenvalue weighted by molar-refractivity contribution is 5.96. The molecule has 134 valence electrons. The van der Waals surface area contributed by atoms with E-state index in [1.165, 1.54) is 6.42 Å². The number of nitrogens with two attached hydrogens (primary N) is 1. The van der Waals surface area contributed by atoms with Gasteiger partial charge in [0.05, 0.1) is 0 Å². The van der Waals surface area contributed by atoms with Crippen LogP contribution >= 0.6 is 0 Å². The van der Waals surface area contributed by atoms with Gasteiger partial charge >= 0.3 is 0 Å². The van der Waals surface area contributed by atoms with Crippen molar-refractivity contribution in [3.8, 4) is 0 Å². The van der Waals surface area contributed by atoms with Crippen LogP contribution in [0, 0.1) is 17.8 Å². The van der Waals surface area contributed by atoms with Crippen molar-refractivity contribution in [3.63, 3.8) is 0 Å². The van der Waals surface area contributed by atoms with Crippen LogP contribution in [0.15, 0.2) is 36.9 Å². The first-order valence-corrected chi connectivity index (χ1v) is 9.14. The predicted octanol–water partition coefficient (Wildman–Crippen LogP) is 2.69. The smallest absolute Gasteiger partial charge is 0.251 e. The molecule has 0 aliphatic heterocycles. The van der Waals surface area contributed by atoms with E-state index in [-0.39, 0.29) is 23.8 Å². The van der Waals surface area contributed by atoms with Crippen molar-refractivity contribution < 1.29 is 9.59 Å². The van der Waals surface area contributed by atoms with Gasteiger partial charge < -0.3 is 16.4 Å². The molecule has 2 amide bonds. The van der Waals surface area contributed by atoms with Gasteiger partial charge in [-0.25, -0.2) is 0 Å². The first-order chi connectivity index (χ1) is 12.1. The van der Waals surface area contributed by atoms with Gasteiger partial charge in [0, 0.05) is 29.8 Å². The maximum Gasteiger partial charge on any atom is 0.251 e. The Bertz CT molecular complexity index is 627. The Balaban J connectivity index is 1.58. The van der Waals surface area contributed by atoms with Gasteiger partial charge in [0.25, 0.3) is 5.91 Å². The molecular formula is C20H27N3O2. The first-order valence-electron chi connectivity index (χ1n) is 9.14. The number of carbonyl (C=O) groups excluding carboxylic acids is 2. The Morgan fingerprint density at radius 1 is 1.16 bits per heavy atom. The second-order valence-electron chi connectivity index (χ2n) is 7.26. The average Bonchev–Trinajstić information content (AvgIpc) is 2.60. The van der Waals surface area contributed by atoms with E-state index in [0.29, 0.717) is 23.9 Å². The summed E-state index contributed by atoms with van der Waals surface area (Å²) in [6.45, 7) is 4.01. The Kier molecular flexibility index (Phi) is 5.53. The summed E-state index contributed by atoms with van der Waals surface area (Å²) in [4.78, 5) is 24.5. The molecule has 0 saturated heterocycles. The van der Waals surface area contributed by atoms with Gasteiger partial charge in [-0.05, 0) is 61.8 Å². The number of hydrogen-bond donors (Lipinski definition) is 3. The van der Waals surface area contributed by atoms with Crippen LogP contribution in [0.2, 0.25) is 0 Å². The summed E-state index contributed by atoms with van der Waals surface area (Å²) in [6.07, 6.45) is 6.97. The molecule has 5 nitrogen and oxygen atoms in total. The maximum atomic E-state index is 12.6. The summed E-state index contributed by atoms with van der Waals surface area (Å²) in [5.41, 5.74) is 7.60. The van der Waals surface area contributed by atoms with Crippen LogP contribution in [-0.2, 0) is 4.79 Å². The summed E-state index contributed by atoms with van der Waals surface area (Å²) in [5.74, 6) is 0.948. The molecule has 5 heteroatoms. The summed E-state index contributed by atoms with van der Waals surface area (Å²) < 4.78 is 0. The molecule has 2 aliphatic carbocycles. The van der Waals surface area contributed by atoms with Crippen LogP contribution in [0.25, 0.3) is 0 Å². The summed E-state index contributed by atoms with van der Waals surface area (Å²) in [6, 6.07) is 7.26. The number of rotatable bonds is 5. The molecule has 1 aromatic rings. The van der Waals surface area contributed by atoms with Crippen molar-refractivity contribution in [2.24, 2.45) is 23.5 Å². The van der Waals surface area contributed by atoms with Gasteiger partial charge in [-0.3, -0.25) is 9.59 Å². The number of fused-ring (bicyclic) bond motifs is 2. The Hall–Kier alpha value is -2.14. The third-order valence-corrected chi connectivity index (χ3v) is 5.61. The lowest BCUT2D eigenvalue weighted by Crippen LogP contribution is -2.48. The molecule has 2 fully saturated rings. The van der Waals surface area contributed by atoms with Crippen LogP contribution in [0.1, 0.15) is 42.5 Å². The van der Waals surface area contributed by atoms with Gasteiger partial charge in [0.15, 0.2) is 0 Å². The van der Waals surface area contributed by atoms with E-state index in [9.17, 15) is 9.59 Å². The highest BCUT2D eigenvalue weighted by atomic mass is 16.2. The molecule has 1 aromatic carbocycles. The van der Waals surface area contributed by atoms with Crippen LogP contribution in [-0.4, -0.2) is 24.4 Å². The minimum Gasteiger partial charge on any atom is -0.349 e. The molecular weight excluding hydrogens is 314 g/mol. The zero-order valence-electron chi connectivity index (χ0n) is 14.5. The van der Waals surface area contributed by atoms with Crippen LogP contribution in [0.3, 0.4) is 0 Å². The molecule has 3 rings (SSSR count). The standard InChI is InChI=1S/C20H27N3O2/c1-2-10-22-19(24)13-6-8-17(9-7-13)23-20(25)16-11-14-4-3-5-15(12-16)18(14)21/h2,6-9,14-16,18H,1,3-5,10-12,21H2,(H,22,24)(H,23,25). The number of nitrogens with one attached hydrogen (secondary N) is 2. The van der Waals surface area contributed by atoms with E-state index in [1.807, 2.05) is 0 Å². The molecule has 0 heterocycles. The second-order valence-corrected chi connectivity index (χ2v) is 7.26. The van der Waals surface area contributed by atoms with Crippen molar-refractivity contribution in [2.75, 3.05) is 11.9 Å². The van der Waals surface area contributed by atoms with Gasteiger partial charge in [0.1, 0.15) is 0 Å². The maximum absolute atomic E-state index is 12.6. The lowest BCUT2D eigenvalue weighted by molar-refractivity contribution is -0.122. The van der Waals surface area contributed by atoms with Gasteiger partial charge in [0.2, 0.25) is 5.91 Å². The van der Waals surface area contributed by atoms with Gasteiger partial charge in [-0.1, -0.05) is 12.5 Å². The van der Waals surface area contributed by atoms with E-state index in [2.05, 4.69) is 17.2 Å². The number of hydrogen-bond acceptors (Lipinski definition) is 3. The normalized spacial score (nSPS) is 28.0. The largest absolute Gasteiger partial charge is 0.349 e. The Labute approximate surface area is 149 Å². The van der Waals surface area contributed by atoms with Gasteiger partial charge in [-0.15, -0.1) is 6.58 Å². The zero-order chi connectivity index (χ0) is 17.8. The monoisotopic (exact) mass is 341 g/mol. The first kappa shape index (κ1) is 17.7. The van der Waals surface area contributed by atoms with Crippen molar-refractivity contribution in [2.45, 2.75) is 38.1 Å². The van der Waals surface area contributed by atoms with Crippen molar-refractivity contribution >= 4 is 17.5 Å². The van der Waals surface area contributed by atoms with Crippen LogP contribution in [0.5, 0.6) is 0 Å². The molecule has 25 heavy (non-hydrogen) atoms. The van der Waals surface area contributed by atoms with Gasteiger partial charge in [-0.2, -0.15) is 0 Å². The molecule has 2 bridgehead atoms. The fourth-order valence-corrected chi connectivity index (χ4v) is 4.22. The second kappa shape index (κ2) is 7.83. The molecule has 2 unspecified atom stereocenters. The molecule has 2 atom stereocenters. The van der Waals surface area contributed by atoms with Crippen molar-refractivity contribution in [1.29, 1.82) is 0 Å². The summed E-state index contributed by atoms with van der Waals surface area (Å²) >= 11 is 0. The van der Waals surface area contributed by atoms with E-state index in [4.69, 9.17) is 5.73 Å². The predicted molar refractivity (Wildman–Crippen MR) is 99.1 cm³/mol. The molecule has 2 saturated carbocycles.